The molecule has 2 aliphatic rings. The van der Waals surface area contributed by atoms with Gasteiger partial charge in [-0.3, -0.25) is 4.79 Å². The number of ether oxygens (including phenoxy) is 1. The van der Waals surface area contributed by atoms with Gasteiger partial charge in [0.2, 0.25) is 0 Å². The Bertz CT molecular complexity index is 410. The summed E-state index contributed by atoms with van der Waals surface area (Å²) in [7, 11) is 0. The van der Waals surface area contributed by atoms with Gasteiger partial charge in [-0.05, 0) is 59.8 Å². The van der Waals surface area contributed by atoms with Crippen LogP contribution in [-0.4, -0.2) is 22.3 Å². The summed E-state index contributed by atoms with van der Waals surface area (Å²) in [6, 6.07) is 0. The molecule has 128 valence electrons. The molecule has 0 unspecified atom stereocenters. The summed E-state index contributed by atoms with van der Waals surface area (Å²) in [5, 5.41) is 11.4. The zero-order valence-corrected chi connectivity index (χ0v) is 15.1. The molecule has 0 aromatic carbocycles. The first-order valence-corrected chi connectivity index (χ1v) is 9.06. The van der Waals surface area contributed by atoms with Crippen LogP contribution in [0.3, 0.4) is 0 Å². The zero-order valence-electron chi connectivity index (χ0n) is 15.1. The molecular weight excluding hydrogens is 276 g/mol. The van der Waals surface area contributed by atoms with Crippen molar-refractivity contribution in [1.29, 1.82) is 0 Å². The Hall–Kier alpha value is -0.570. The second-order valence-corrected chi connectivity index (χ2v) is 8.67. The molecule has 0 aromatic rings. The van der Waals surface area contributed by atoms with Crippen molar-refractivity contribution < 1.29 is 14.6 Å². The van der Waals surface area contributed by atoms with E-state index >= 15 is 0 Å². The van der Waals surface area contributed by atoms with Crippen LogP contribution < -0.4 is 0 Å². The molecular formula is C19H34O3. The van der Waals surface area contributed by atoms with E-state index in [1.165, 1.54) is 0 Å². The second kappa shape index (κ2) is 5.81. The van der Waals surface area contributed by atoms with E-state index in [1.54, 1.807) is 0 Å². The van der Waals surface area contributed by atoms with Crippen LogP contribution in [0.1, 0.15) is 92.4 Å². The van der Waals surface area contributed by atoms with Crippen molar-refractivity contribution in [2.24, 2.45) is 10.8 Å². The highest BCUT2D eigenvalue weighted by Gasteiger charge is 2.62. The lowest BCUT2D eigenvalue weighted by atomic mass is 9.50. The molecule has 0 bridgehead atoms. The van der Waals surface area contributed by atoms with Crippen LogP contribution in [0.25, 0.3) is 0 Å². The van der Waals surface area contributed by atoms with Gasteiger partial charge in [0.15, 0.2) is 0 Å². The molecule has 0 atom stereocenters. The van der Waals surface area contributed by atoms with E-state index < -0.39 is 16.6 Å². The highest BCUT2D eigenvalue weighted by Crippen LogP contribution is 2.59. The van der Waals surface area contributed by atoms with Crippen molar-refractivity contribution in [3.8, 4) is 0 Å². The minimum atomic E-state index is -0.663. The fraction of sp³-hybridized carbons (Fsp3) is 0.947. The second-order valence-electron chi connectivity index (χ2n) is 8.67. The molecule has 1 N–H and O–H groups in total. The van der Waals surface area contributed by atoms with Gasteiger partial charge in [-0.2, -0.15) is 0 Å². The maximum absolute atomic E-state index is 12.6. The monoisotopic (exact) mass is 310 g/mol. The van der Waals surface area contributed by atoms with Crippen molar-refractivity contribution in [3.05, 3.63) is 0 Å². The molecule has 2 rings (SSSR count). The molecule has 0 saturated heterocycles. The van der Waals surface area contributed by atoms with Gasteiger partial charge in [-0.15, -0.1) is 0 Å². The van der Waals surface area contributed by atoms with E-state index in [4.69, 9.17) is 4.74 Å². The SMILES string of the molecule is CCC(C)(C)C(=O)OC(C)(C)C12CCCCC1(O)CCCC2. The van der Waals surface area contributed by atoms with Gasteiger partial charge in [0.1, 0.15) is 5.60 Å². The van der Waals surface area contributed by atoms with Crippen molar-refractivity contribution in [3.63, 3.8) is 0 Å². The number of rotatable bonds is 4. The van der Waals surface area contributed by atoms with Crippen LogP contribution >= 0.6 is 0 Å². The molecule has 0 amide bonds. The number of fused-ring (bicyclic) bond motifs is 1. The average molecular weight is 310 g/mol. The molecule has 0 spiro atoms. The first kappa shape index (κ1) is 17.8. The van der Waals surface area contributed by atoms with Crippen molar-refractivity contribution in [1.82, 2.24) is 0 Å². The van der Waals surface area contributed by atoms with Gasteiger partial charge in [-0.25, -0.2) is 0 Å². The van der Waals surface area contributed by atoms with Gasteiger partial charge in [-0.1, -0.05) is 32.6 Å². The topological polar surface area (TPSA) is 46.5 Å². The Balaban J connectivity index is 2.30. The predicted molar refractivity (Wildman–Crippen MR) is 88.6 cm³/mol. The van der Waals surface area contributed by atoms with E-state index in [0.29, 0.717) is 0 Å². The maximum Gasteiger partial charge on any atom is 0.312 e. The highest BCUT2D eigenvalue weighted by atomic mass is 16.6. The number of carbonyl (C=O) groups is 1. The summed E-state index contributed by atoms with van der Waals surface area (Å²) in [5.74, 6) is -0.132. The van der Waals surface area contributed by atoms with Crippen LogP contribution in [0.15, 0.2) is 0 Å². The quantitative estimate of drug-likeness (QED) is 0.771. The lowest BCUT2D eigenvalue weighted by Gasteiger charge is -2.60. The first-order valence-electron chi connectivity index (χ1n) is 9.06. The number of carbonyl (C=O) groups excluding carboxylic acids is 1. The fourth-order valence-corrected chi connectivity index (χ4v) is 4.66. The van der Waals surface area contributed by atoms with Gasteiger partial charge in [0.05, 0.1) is 11.0 Å². The Morgan fingerprint density at radius 2 is 1.45 bits per heavy atom. The molecule has 0 heterocycles. The molecule has 0 radical (unpaired) electrons. The van der Waals surface area contributed by atoms with E-state index in [1.807, 2.05) is 34.6 Å². The molecule has 0 aliphatic heterocycles. The van der Waals surface area contributed by atoms with Gasteiger partial charge >= 0.3 is 5.97 Å². The molecule has 22 heavy (non-hydrogen) atoms. The fourth-order valence-electron chi connectivity index (χ4n) is 4.66. The molecule has 2 fully saturated rings. The smallest absolute Gasteiger partial charge is 0.312 e. The van der Waals surface area contributed by atoms with Crippen LogP contribution in [-0.2, 0) is 9.53 Å². The van der Waals surface area contributed by atoms with Crippen LogP contribution in [0.4, 0.5) is 0 Å². The average Bonchev–Trinajstić information content (AvgIpc) is 2.45. The van der Waals surface area contributed by atoms with Crippen LogP contribution in [0.2, 0.25) is 0 Å². The van der Waals surface area contributed by atoms with Crippen LogP contribution in [0, 0.1) is 10.8 Å². The molecule has 0 aromatic heterocycles. The van der Waals surface area contributed by atoms with Crippen molar-refractivity contribution in [2.45, 2.75) is 104 Å². The largest absolute Gasteiger partial charge is 0.459 e. The molecule has 3 nitrogen and oxygen atoms in total. The van der Waals surface area contributed by atoms with Gasteiger partial charge in [0, 0.05) is 5.41 Å². The third-order valence-corrected chi connectivity index (χ3v) is 6.72. The standard InChI is InChI=1S/C19H34O3/c1-6-16(2,3)15(20)22-17(4,5)18-11-7-9-13-19(18,21)14-10-8-12-18/h21H,6-14H2,1-5H3. The summed E-state index contributed by atoms with van der Waals surface area (Å²) < 4.78 is 6.06. The summed E-state index contributed by atoms with van der Waals surface area (Å²) in [5.41, 5.74) is -2.03. The molecule has 2 aliphatic carbocycles. The number of hydrogen-bond acceptors (Lipinski definition) is 3. The predicted octanol–water partition coefficient (Wildman–Crippen LogP) is 4.61. The number of hydrogen-bond donors (Lipinski definition) is 1. The van der Waals surface area contributed by atoms with Gasteiger partial charge < -0.3 is 9.84 Å². The summed E-state index contributed by atoms with van der Waals surface area (Å²) in [6.45, 7) is 9.95. The third-order valence-electron chi connectivity index (χ3n) is 6.72. The molecule has 3 heteroatoms. The Kier molecular flexibility index (Phi) is 4.70. The van der Waals surface area contributed by atoms with Gasteiger partial charge in [0.25, 0.3) is 0 Å². The number of esters is 1. The lowest BCUT2D eigenvalue weighted by molar-refractivity contribution is -0.240. The van der Waals surface area contributed by atoms with E-state index in [2.05, 4.69) is 0 Å². The van der Waals surface area contributed by atoms with E-state index in [-0.39, 0.29) is 11.4 Å². The summed E-state index contributed by atoms with van der Waals surface area (Å²) in [6.07, 6.45) is 8.83. The Labute approximate surface area is 135 Å². The maximum atomic E-state index is 12.6. The van der Waals surface area contributed by atoms with E-state index in [0.717, 1.165) is 57.8 Å². The molecule has 2 saturated carbocycles. The summed E-state index contributed by atoms with van der Waals surface area (Å²) in [4.78, 5) is 12.6. The summed E-state index contributed by atoms with van der Waals surface area (Å²) >= 11 is 0. The third kappa shape index (κ3) is 2.70. The lowest BCUT2D eigenvalue weighted by Crippen LogP contribution is -2.64. The normalized spacial score (nSPS) is 33.2. The minimum absolute atomic E-state index is 0.132. The zero-order chi connectivity index (χ0) is 16.6. The van der Waals surface area contributed by atoms with Crippen LogP contribution in [0.5, 0.6) is 0 Å². The first-order chi connectivity index (χ1) is 10.1. The Morgan fingerprint density at radius 3 is 1.91 bits per heavy atom. The van der Waals surface area contributed by atoms with E-state index in [9.17, 15) is 9.90 Å². The van der Waals surface area contributed by atoms with Crippen molar-refractivity contribution >= 4 is 5.97 Å². The Morgan fingerprint density at radius 1 is 1.00 bits per heavy atom. The highest BCUT2D eigenvalue weighted by molar-refractivity contribution is 5.76. The number of aliphatic hydroxyl groups is 1. The minimum Gasteiger partial charge on any atom is -0.459 e. The van der Waals surface area contributed by atoms with Crippen molar-refractivity contribution in [2.75, 3.05) is 0 Å².